The minimum absolute atomic E-state index is 0.198. The van der Waals surface area contributed by atoms with E-state index >= 15 is 0 Å². The smallest absolute Gasteiger partial charge is 0.294 e. The lowest BCUT2D eigenvalue weighted by molar-refractivity contribution is -0.135. The molecule has 0 aliphatic carbocycles. The Labute approximate surface area is 212 Å². The van der Waals surface area contributed by atoms with Gasteiger partial charge in [0.1, 0.15) is 13.2 Å². The molecule has 0 saturated carbocycles. The first-order valence-corrected chi connectivity index (χ1v) is 12.7. The van der Waals surface area contributed by atoms with Gasteiger partial charge in [0, 0.05) is 13.1 Å². The Hall–Kier alpha value is -2.48. The van der Waals surface area contributed by atoms with Crippen LogP contribution in [-0.2, 0) is 16.2 Å². The molecule has 0 N–H and O–H groups in total. The van der Waals surface area contributed by atoms with Gasteiger partial charge in [0.2, 0.25) is 5.91 Å². The van der Waals surface area contributed by atoms with Gasteiger partial charge in [0.15, 0.2) is 5.75 Å². The number of carbonyl (C=O) groups excluding carboxylic acids is 3. The Balaban J connectivity index is 1.44. The summed E-state index contributed by atoms with van der Waals surface area (Å²) < 4.78 is 5.78. The second-order valence-corrected chi connectivity index (χ2v) is 9.96. The predicted octanol–water partition coefficient (Wildman–Crippen LogP) is 6.01. The van der Waals surface area contributed by atoms with E-state index in [1.54, 1.807) is 23.1 Å². The number of amides is 3. The van der Waals surface area contributed by atoms with Crippen molar-refractivity contribution in [3.8, 4) is 5.75 Å². The summed E-state index contributed by atoms with van der Waals surface area (Å²) in [5, 5.41) is 0.134. The summed E-state index contributed by atoms with van der Waals surface area (Å²) in [6.07, 6.45) is 5.63. The molecular weight excluding hydrogens is 495 g/mol. The summed E-state index contributed by atoms with van der Waals surface area (Å²) >= 11 is 13.6. The number of rotatable bonds is 6. The van der Waals surface area contributed by atoms with E-state index in [9.17, 15) is 14.4 Å². The summed E-state index contributed by atoms with van der Waals surface area (Å²) in [5.41, 5.74) is 1.54. The molecule has 0 unspecified atom stereocenters. The quantitative estimate of drug-likeness (QED) is 0.438. The van der Waals surface area contributed by atoms with Crippen LogP contribution in [-0.4, -0.2) is 46.5 Å². The summed E-state index contributed by atoms with van der Waals surface area (Å²) in [5.74, 6) is -0.341. The second-order valence-electron chi connectivity index (χ2n) is 8.15. The molecule has 2 aliphatic rings. The van der Waals surface area contributed by atoms with Crippen LogP contribution in [0.4, 0.5) is 4.79 Å². The number of benzene rings is 2. The van der Waals surface area contributed by atoms with Crippen LogP contribution in [0.25, 0.3) is 6.08 Å². The van der Waals surface area contributed by atoms with Crippen molar-refractivity contribution in [3.05, 3.63) is 68.5 Å². The highest BCUT2D eigenvalue weighted by Crippen LogP contribution is 2.37. The summed E-state index contributed by atoms with van der Waals surface area (Å²) in [4.78, 5) is 40.9. The van der Waals surface area contributed by atoms with Crippen LogP contribution in [0.15, 0.2) is 47.4 Å². The molecular formula is C25H24Cl2N2O4S. The van der Waals surface area contributed by atoms with Crippen molar-refractivity contribution in [2.45, 2.75) is 32.3 Å². The number of thioether (sulfide) groups is 1. The number of likely N-dealkylation sites (tertiary alicyclic amines) is 1. The van der Waals surface area contributed by atoms with Crippen LogP contribution >= 0.6 is 35.0 Å². The lowest BCUT2D eigenvalue weighted by Gasteiger charge is -2.22. The Morgan fingerprint density at radius 1 is 1.00 bits per heavy atom. The third-order valence-electron chi connectivity index (χ3n) is 5.67. The lowest BCUT2D eigenvalue weighted by Crippen LogP contribution is -2.42. The molecule has 2 saturated heterocycles. The lowest BCUT2D eigenvalue weighted by atomic mass is 10.2. The third kappa shape index (κ3) is 5.95. The Bertz CT molecular complexity index is 1090. The van der Waals surface area contributed by atoms with Gasteiger partial charge < -0.3 is 9.64 Å². The SMILES string of the molecule is O=C(CN1C(=O)SC(=Cc2cc(Cl)c(OCc3ccccc3)c(Cl)c2)C1=O)N1CCCCCC1. The first-order chi connectivity index (χ1) is 16.4. The minimum atomic E-state index is -0.491. The van der Waals surface area contributed by atoms with E-state index in [1.165, 1.54) is 0 Å². The Kier molecular flexibility index (Phi) is 8.19. The fourth-order valence-corrected chi connectivity index (χ4v) is 5.32. The minimum Gasteiger partial charge on any atom is -0.486 e. The van der Waals surface area contributed by atoms with Gasteiger partial charge in [-0.2, -0.15) is 0 Å². The average molecular weight is 519 g/mol. The van der Waals surface area contributed by atoms with E-state index in [0.717, 1.165) is 47.9 Å². The maximum atomic E-state index is 12.9. The number of ether oxygens (including phenoxy) is 1. The van der Waals surface area contributed by atoms with E-state index in [4.69, 9.17) is 27.9 Å². The van der Waals surface area contributed by atoms with Crippen molar-refractivity contribution in [1.82, 2.24) is 9.80 Å². The summed E-state index contributed by atoms with van der Waals surface area (Å²) in [7, 11) is 0. The molecule has 2 fully saturated rings. The molecule has 0 bridgehead atoms. The van der Waals surface area contributed by atoms with Crippen molar-refractivity contribution in [2.75, 3.05) is 19.6 Å². The fraction of sp³-hybridized carbons (Fsp3) is 0.320. The molecule has 9 heteroatoms. The van der Waals surface area contributed by atoms with Gasteiger partial charge >= 0.3 is 0 Å². The molecule has 0 radical (unpaired) electrons. The molecule has 178 valence electrons. The maximum Gasteiger partial charge on any atom is 0.294 e. The van der Waals surface area contributed by atoms with Gasteiger partial charge in [0.05, 0.1) is 15.0 Å². The zero-order chi connectivity index (χ0) is 24.1. The average Bonchev–Trinajstić information content (AvgIpc) is 3.01. The first-order valence-electron chi connectivity index (χ1n) is 11.1. The van der Waals surface area contributed by atoms with Gasteiger partial charge in [-0.15, -0.1) is 0 Å². The zero-order valence-corrected chi connectivity index (χ0v) is 20.8. The highest BCUT2D eigenvalue weighted by atomic mass is 35.5. The highest BCUT2D eigenvalue weighted by molar-refractivity contribution is 8.18. The highest BCUT2D eigenvalue weighted by Gasteiger charge is 2.37. The Morgan fingerprint density at radius 2 is 1.65 bits per heavy atom. The van der Waals surface area contributed by atoms with Gasteiger partial charge in [-0.1, -0.05) is 66.4 Å². The summed E-state index contributed by atoms with van der Waals surface area (Å²) in [6.45, 7) is 1.40. The summed E-state index contributed by atoms with van der Waals surface area (Å²) in [6, 6.07) is 12.9. The molecule has 34 heavy (non-hydrogen) atoms. The normalized spacial score (nSPS) is 17.9. The van der Waals surface area contributed by atoms with Crippen LogP contribution in [0.1, 0.15) is 36.8 Å². The van der Waals surface area contributed by atoms with E-state index in [1.807, 2.05) is 30.3 Å². The van der Waals surface area contributed by atoms with Crippen molar-refractivity contribution in [2.24, 2.45) is 0 Å². The van der Waals surface area contributed by atoms with E-state index in [2.05, 4.69) is 0 Å². The van der Waals surface area contributed by atoms with E-state index in [0.29, 0.717) is 41.1 Å². The number of carbonyl (C=O) groups is 3. The molecule has 6 nitrogen and oxygen atoms in total. The molecule has 0 atom stereocenters. The van der Waals surface area contributed by atoms with Crippen LogP contribution in [0.3, 0.4) is 0 Å². The number of hydrogen-bond acceptors (Lipinski definition) is 5. The largest absolute Gasteiger partial charge is 0.486 e. The van der Waals surface area contributed by atoms with Crippen LogP contribution in [0, 0.1) is 0 Å². The number of halogens is 2. The van der Waals surface area contributed by atoms with Crippen LogP contribution < -0.4 is 4.74 Å². The molecule has 2 heterocycles. The molecule has 0 aromatic heterocycles. The van der Waals surface area contributed by atoms with Crippen molar-refractivity contribution >= 4 is 58.1 Å². The van der Waals surface area contributed by atoms with Crippen molar-refractivity contribution in [3.63, 3.8) is 0 Å². The van der Waals surface area contributed by atoms with Crippen LogP contribution in [0.2, 0.25) is 10.0 Å². The van der Waals surface area contributed by atoms with E-state index < -0.39 is 11.1 Å². The van der Waals surface area contributed by atoms with E-state index in [-0.39, 0.29) is 17.4 Å². The maximum absolute atomic E-state index is 12.9. The number of imide groups is 1. The van der Waals surface area contributed by atoms with Crippen molar-refractivity contribution in [1.29, 1.82) is 0 Å². The molecule has 0 spiro atoms. The predicted molar refractivity (Wildman–Crippen MR) is 135 cm³/mol. The van der Waals surface area contributed by atoms with Gasteiger partial charge in [-0.05, 0) is 53.9 Å². The monoisotopic (exact) mass is 518 g/mol. The van der Waals surface area contributed by atoms with Crippen LogP contribution in [0.5, 0.6) is 5.75 Å². The van der Waals surface area contributed by atoms with Gasteiger partial charge in [-0.25, -0.2) is 0 Å². The number of hydrogen-bond donors (Lipinski definition) is 0. The second kappa shape index (κ2) is 11.3. The standard InChI is InChI=1S/C25H24Cl2N2O4S/c26-19-12-18(13-20(27)23(19)33-16-17-8-4-3-5-9-17)14-21-24(31)29(25(32)34-21)15-22(30)28-10-6-1-2-7-11-28/h3-5,8-9,12-14H,1-2,6-7,10-11,15-16H2. The third-order valence-corrected chi connectivity index (χ3v) is 7.14. The molecule has 2 aromatic carbocycles. The van der Waals surface area contributed by atoms with Crippen molar-refractivity contribution < 1.29 is 19.1 Å². The molecule has 2 aliphatic heterocycles. The first kappa shape index (κ1) is 24.6. The molecule has 2 aromatic rings. The number of nitrogens with zero attached hydrogens (tertiary/aromatic N) is 2. The van der Waals surface area contributed by atoms with Gasteiger partial charge in [0.25, 0.3) is 11.1 Å². The molecule has 3 amide bonds. The Morgan fingerprint density at radius 3 is 2.29 bits per heavy atom. The fourth-order valence-electron chi connectivity index (χ4n) is 3.87. The van der Waals surface area contributed by atoms with Gasteiger partial charge in [-0.3, -0.25) is 19.3 Å². The zero-order valence-electron chi connectivity index (χ0n) is 18.5. The topological polar surface area (TPSA) is 66.9 Å². The molecule has 4 rings (SSSR count).